The van der Waals surface area contributed by atoms with E-state index in [4.69, 9.17) is 8.94 Å². The highest BCUT2D eigenvalue weighted by Crippen LogP contribution is 2.25. The number of aryl methyl sites for hydroxylation is 3. The number of nitrogens with zero attached hydrogens (tertiary/aromatic N) is 1. The van der Waals surface area contributed by atoms with Gasteiger partial charge < -0.3 is 19.4 Å². The van der Waals surface area contributed by atoms with E-state index in [1.54, 1.807) is 46.8 Å². The summed E-state index contributed by atoms with van der Waals surface area (Å²) in [6.07, 6.45) is 0. The Bertz CT molecular complexity index is 650. The second-order valence-corrected chi connectivity index (χ2v) is 5.86. The van der Waals surface area contributed by atoms with E-state index < -0.39 is 11.5 Å². The van der Waals surface area contributed by atoms with Crippen molar-refractivity contribution in [3.8, 4) is 0 Å². The van der Waals surface area contributed by atoms with Crippen LogP contribution in [0.1, 0.15) is 48.3 Å². The minimum atomic E-state index is -1.26. The van der Waals surface area contributed by atoms with Gasteiger partial charge in [0.2, 0.25) is 5.91 Å². The summed E-state index contributed by atoms with van der Waals surface area (Å²) in [5.41, 5.74) is 0.224. The molecule has 0 saturated heterocycles. The molecule has 2 N–H and O–H groups in total. The first-order valence-corrected chi connectivity index (χ1v) is 7.22. The Morgan fingerprint density at radius 3 is 2.59 bits per heavy atom. The van der Waals surface area contributed by atoms with Crippen molar-refractivity contribution in [2.24, 2.45) is 0 Å². The predicted molar refractivity (Wildman–Crippen MR) is 80.4 cm³/mol. The summed E-state index contributed by atoms with van der Waals surface area (Å²) in [6, 6.07) is 3.48. The molecule has 2 aromatic rings. The average Bonchev–Trinajstić information content (AvgIpc) is 3.02. The highest BCUT2D eigenvalue weighted by molar-refractivity contribution is 5.83. The smallest absolute Gasteiger partial charge is 0.227 e. The summed E-state index contributed by atoms with van der Waals surface area (Å²) in [6.45, 7) is 8.84. The molecule has 22 heavy (non-hydrogen) atoms. The highest BCUT2D eigenvalue weighted by atomic mass is 16.5. The van der Waals surface area contributed by atoms with Crippen LogP contribution < -0.4 is 5.32 Å². The first-order chi connectivity index (χ1) is 10.2. The van der Waals surface area contributed by atoms with Gasteiger partial charge in [-0.05, 0) is 46.8 Å². The van der Waals surface area contributed by atoms with Crippen LogP contribution in [0.2, 0.25) is 0 Å². The van der Waals surface area contributed by atoms with Crippen molar-refractivity contribution < 1.29 is 18.8 Å². The van der Waals surface area contributed by atoms with Crippen LogP contribution in [0.3, 0.4) is 0 Å². The zero-order valence-corrected chi connectivity index (χ0v) is 13.6. The van der Waals surface area contributed by atoms with Gasteiger partial charge in [0.15, 0.2) is 0 Å². The van der Waals surface area contributed by atoms with Gasteiger partial charge in [-0.2, -0.15) is 0 Å². The van der Waals surface area contributed by atoms with Crippen molar-refractivity contribution in [2.45, 2.75) is 46.1 Å². The van der Waals surface area contributed by atoms with Gasteiger partial charge in [0.25, 0.3) is 0 Å². The molecule has 6 heteroatoms. The molecule has 2 unspecified atom stereocenters. The van der Waals surface area contributed by atoms with Crippen molar-refractivity contribution in [2.75, 3.05) is 6.54 Å². The average molecular weight is 306 g/mol. The summed E-state index contributed by atoms with van der Waals surface area (Å²) in [7, 11) is 0. The third-order valence-corrected chi connectivity index (χ3v) is 3.79. The minimum absolute atomic E-state index is 0.0620. The van der Waals surface area contributed by atoms with E-state index in [-0.39, 0.29) is 12.5 Å². The zero-order chi connectivity index (χ0) is 16.5. The Balaban J connectivity index is 2.03. The van der Waals surface area contributed by atoms with Gasteiger partial charge in [-0.3, -0.25) is 4.79 Å². The number of hydrogen-bond donors (Lipinski definition) is 2. The Labute approximate surface area is 129 Å². The molecule has 0 fully saturated rings. The molecule has 0 spiro atoms. The molecule has 120 valence electrons. The molecule has 0 aliphatic carbocycles. The fourth-order valence-corrected chi connectivity index (χ4v) is 2.46. The summed E-state index contributed by atoms with van der Waals surface area (Å²) >= 11 is 0. The molecule has 6 nitrogen and oxygen atoms in total. The van der Waals surface area contributed by atoms with Crippen LogP contribution in [0.4, 0.5) is 0 Å². The third kappa shape index (κ3) is 3.22. The lowest BCUT2D eigenvalue weighted by Crippen LogP contribution is -2.40. The van der Waals surface area contributed by atoms with Crippen LogP contribution in [0.25, 0.3) is 0 Å². The molecule has 2 atom stereocenters. The zero-order valence-electron chi connectivity index (χ0n) is 13.6. The second-order valence-electron chi connectivity index (χ2n) is 5.86. The Morgan fingerprint density at radius 2 is 2.09 bits per heavy atom. The lowest BCUT2D eigenvalue weighted by molar-refractivity contribution is -0.123. The van der Waals surface area contributed by atoms with Gasteiger partial charge >= 0.3 is 0 Å². The number of hydrogen-bond acceptors (Lipinski definition) is 5. The predicted octanol–water partition coefficient (Wildman–Crippen LogP) is 2.32. The maximum absolute atomic E-state index is 12.3. The number of nitrogens with one attached hydrogen (secondary N) is 1. The molecule has 0 aromatic carbocycles. The number of rotatable bonds is 5. The molecule has 0 aliphatic rings. The fourth-order valence-electron chi connectivity index (χ4n) is 2.46. The monoisotopic (exact) mass is 306 g/mol. The van der Waals surface area contributed by atoms with E-state index in [1.807, 2.05) is 0 Å². The lowest BCUT2D eigenvalue weighted by atomic mass is 9.97. The number of furan rings is 1. The molecule has 2 aromatic heterocycles. The lowest BCUT2D eigenvalue weighted by Gasteiger charge is -2.22. The summed E-state index contributed by atoms with van der Waals surface area (Å²) < 4.78 is 10.5. The van der Waals surface area contributed by atoms with E-state index in [2.05, 4.69) is 10.5 Å². The van der Waals surface area contributed by atoms with Crippen LogP contribution in [0, 0.1) is 20.8 Å². The van der Waals surface area contributed by atoms with Crippen LogP contribution in [0.5, 0.6) is 0 Å². The third-order valence-electron chi connectivity index (χ3n) is 3.79. The van der Waals surface area contributed by atoms with E-state index in [1.165, 1.54) is 0 Å². The van der Waals surface area contributed by atoms with Crippen LogP contribution >= 0.6 is 0 Å². The number of aliphatic hydroxyl groups is 1. The van der Waals surface area contributed by atoms with Crippen LogP contribution in [-0.2, 0) is 10.4 Å². The second kappa shape index (κ2) is 5.96. The van der Waals surface area contributed by atoms with E-state index >= 15 is 0 Å². The van der Waals surface area contributed by atoms with Gasteiger partial charge in [0.05, 0.1) is 18.2 Å². The van der Waals surface area contributed by atoms with Crippen LogP contribution in [0.15, 0.2) is 21.1 Å². The molecular weight excluding hydrogens is 284 g/mol. The maximum Gasteiger partial charge on any atom is 0.227 e. The number of carbonyl (C=O) groups is 1. The molecule has 2 heterocycles. The van der Waals surface area contributed by atoms with E-state index in [0.29, 0.717) is 23.0 Å². The fraction of sp³-hybridized carbons (Fsp3) is 0.500. The van der Waals surface area contributed by atoms with Gasteiger partial charge in [-0.25, -0.2) is 0 Å². The first kappa shape index (κ1) is 16.3. The standard InChI is InChI=1S/C16H22N2O4/c1-9-6-7-13(21-9)16(5,20)8-17-15(19)10(2)14-11(3)18-22-12(14)4/h6-7,10,20H,8H2,1-5H3,(H,17,19). The molecule has 0 saturated carbocycles. The molecular formula is C16H22N2O4. The number of aromatic nitrogens is 1. The Hall–Kier alpha value is -2.08. The van der Waals surface area contributed by atoms with Crippen molar-refractivity contribution >= 4 is 5.91 Å². The molecule has 0 aliphatic heterocycles. The maximum atomic E-state index is 12.3. The van der Waals surface area contributed by atoms with Gasteiger partial charge in [-0.1, -0.05) is 5.16 Å². The van der Waals surface area contributed by atoms with Crippen molar-refractivity contribution in [1.29, 1.82) is 0 Å². The molecule has 2 rings (SSSR count). The summed E-state index contributed by atoms with van der Waals surface area (Å²) in [5.74, 6) is 1.17. The summed E-state index contributed by atoms with van der Waals surface area (Å²) in [5, 5.41) is 17.0. The van der Waals surface area contributed by atoms with E-state index in [9.17, 15) is 9.90 Å². The normalized spacial score (nSPS) is 15.4. The SMILES string of the molecule is Cc1ccc(C(C)(O)CNC(=O)C(C)c2c(C)noc2C)o1. The largest absolute Gasteiger partial charge is 0.463 e. The minimum Gasteiger partial charge on any atom is -0.463 e. The first-order valence-electron chi connectivity index (χ1n) is 7.22. The van der Waals surface area contributed by atoms with Crippen molar-refractivity contribution in [1.82, 2.24) is 10.5 Å². The number of amides is 1. The van der Waals surface area contributed by atoms with E-state index in [0.717, 1.165) is 5.56 Å². The Kier molecular flexibility index (Phi) is 4.42. The quantitative estimate of drug-likeness (QED) is 0.885. The highest BCUT2D eigenvalue weighted by Gasteiger charge is 2.29. The Morgan fingerprint density at radius 1 is 1.41 bits per heavy atom. The van der Waals surface area contributed by atoms with Gasteiger partial charge in [0, 0.05) is 5.56 Å². The number of carbonyl (C=O) groups excluding carboxylic acids is 1. The molecule has 0 bridgehead atoms. The molecule has 0 radical (unpaired) electrons. The topological polar surface area (TPSA) is 88.5 Å². The van der Waals surface area contributed by atoms with Crippen molar-refractivity contribution in [3.63, 3.8) is 0 Å². The van der Waals surface area contributed by atoms with Gasteiger partial charge in [-0.15, -0.1) is 0 Å². The van der Waals surface area contributed by atoms with Crippen LogP contribution in [-0.4, -0.2) is 22.7 Å². The molecule has 1 amide bonds. The van der Waals surface area contributed by atoms with Crippen molar-refractivity contribution in [3.05, 3.63) is 40.7 Å². The summed E-state index contributed by atoms with van der Waals surface area (Å²) in [4.78, 5) is 12.3. The van der Waals surface area contributed by atoms with Gasteiger partial charge in [0.1, 0.15) is 22.9 Å².